The van der Waals surface area contributed by atoms with Gasteiger partial charge in [-0.15, -0.1) is 13.2 Å². The van der Waals surface area contributed by atoms with E-state index < -0.39 is 17.5 Å². The van der Waals surface area contributed by atoms with Gasteiger partial charge in [-0.25, -0.2) is 4.98 Å². The van der Waals surface area contributed by atoms with Crippen LogP contribution < -0.4 is 15.8 Å². The highest BCUT2D eigenvalue weighted by Gasteiger charge is 2.42. The van der Waals surface area contributed by atoms with Gasteiger partial charge in [-0.2, -0.15) is 0 Å². The lowest BCUT2D eigenvalue weighted by Crippen LogP contribution is -2.44. The van der Waals surface area contributed by atoms with Crippen LogP contribution in [-0.2, 0) is 21.4 Å². The summed E-state index contributed by atoms with van der Waals surface area (Å²) < 4.78 is 47.3. The fourth-order valence-corrected chi connectivity index (χ4v) is 4.33. The van der Waals surface area contributed by atoms with Gasteiger partial charge in [-0.3, -0.25) is 4.79 Å². The van der Waals surface area contributed by atoms with Gasteiger partial charge in [-0.05, 0) is 54.2 Å². The predicted molar refractivity (Wildman–Crippen MR) is 127 cm³/mol. The maximum Gasteiger partial charge on any atom is 0.573 e. The topological polar surface area (TPSA) is 86.5 Å². The number of nitrogens with two attached hydrogens (primary N) is 1. The number of ether oxygens (including phenoxy) is 2. The van der Waals surface area contributed by atoms with Gasteiger partial charge in [0, 0.05) is 36.7 Å². The number of nitrogens with zero attached hydrogens (tertiary/aromatic N) is 1. The molecule has 184 valence electrons. The Morgan fingerprint density at radius 2 is 1.83 bits per heavy atom. The molecule has 6 nitrogen and oxygen atoms in total. The lowest BCUT2D eigenvalue weighted by atomic mass is 9.73. The van der Waals surface area contributed by atoms with E-state index >= 15 is 0 Å². The van der Waals surface area contributed by atoms with Gasteiger partial charge in [0.1, 0.15) is 11.6 Å². The van der Waals surface area contributed by atoms with Gasteiger partial charge >= 0.3 is 6.36 Å². The first-order valence-corrected chi connectivity index (χ1v) is 11.3. The van der Waals surface area contributed by atoms with Crippen LogP contribution in [0, 0.1) is 0 Å². The van der Waals surface area contributed by atoms with Crippen LogP contribution in [0.5, 0.6) is 5.75 Å². The van der Waals surface area contributed by atoms with Crippen LogP contribution in [0.2, 0.25) is 0 Å². The standard InChI is InChI=1S/C26H26F3N3O3/c1-2-17-14-19(16-31-23(17)30)18-6-8-20(9-7-18)25(10-12-34-13-11-25)24(33)32-21-4-3-5-22(15-21)35-26(27,28)29/h3-9,14-16H,2,10-13H2,1H3,(H2,30,31)(H,32,33). The molecule has 9 heteroatoms. The molecule has 4 rings (SSSR count). The summed E-state index contributed by atoms with van der Waals surface area (Å²) in [6.45, 7) is 2.81. The van der Waals surface area contributed by atoms with Crippen molar-refractivity contribution in [1.82, 2.24) is 4.98 Å². The van der Waals surface area contributed by atoms with E-state index in [-0.39, 0.29) is 11.6 Å². The van der Waals surface area contributed by atoms with Crippen molar-refractivity contribution in [3.05, 3.63) is 71.9 Å². The molecule has 0 spiro atoms. The highest BCUT2D eigenvalue weighted by molar-refractivity contribution is 5.99. The van der Waals surface area contributed by atoms with Gasteiger partial charge in [0.2, 0.25) is 5.91 Å². The molecule has 2 heterocycles. The summed E-state index contributed by atoms with van der Waals surface area (Å²) in [7, 11) is 0. The molecular weight excluding hydrogens is 459 g/mol. The molecule has 3 N–H and O–H groups in total. The summed E-state index contributed by atoms with van der Waals surface area (Å²) in [6.07, 6.45) is -1.44. The van der Waals surface area contributed by atoms with E-state index in [0.29, 0.717) is 31.9 Å². The summed E-state index contributed by atoms with van der Waals surface area (Å²) in [4.78, 5) is 17.8. The number of aromatic nitrogens is 1. The number of amides is 1. The Kier molecular flexibility index (Phi) is 6.98. The zero-order valence-corrected chi connectivity index (χ0v) is 19.2. The van der Waals surface area contributed by atoms with Crippen molar-refractivity contribution in [2.45, 2.75) is 38.0 Å². The quantitative estimate of drug-likeness (QED) is 0.483. The molecule has 1 saturated heterocycles. The highest BCUT2D eigenvalue weighted by atomic mass is 19.4. The summed E-state index contributed by atoms with van der Waals surface area (Å²) in [5, 5.41) is 2.78. The van der Waals surface area contributed by atoms with Crippen molar-refractivity contribution < 1.29 is 27.4 Å². The minimum atomic E-state index is -4.82. The van der Waals surface area contributed by atoms with E-state index in [1.54, 1.807) is 6.20 Å². The highest BCUT2D eigenvalue weighted by Crippen LogP contribution is 2.38. The summed E-state index contributed by atoms with van der Waals surface area (Å²) in [5.41, 5.74) is 8.90. The molecule has 1 aromatic heterocycles. The van der Waals surface area contributed by atoms with Crippen molar-refractivity contribution >= 4 is 17.4 Å². The lowest BCUT2D eigenvalue weighted by molar-refractivity contribution is -0.274. The predicted octanol–water partition coefficient (Wildman–Crippen LogP) is 5.48. The van der Waals surface area contributed by atoms with E-state index in [2.05, 4.69) is 15.0 Å². The maximum atomic E-state index is 13.5. The number of pyridine rings is 1. The normalized spacial score (nSPS) is 15.4. The number of nitrogen functional groups attached to an aromatic ring is 1. The Balaban J connectivity index is 1.60. The van der Waals surface area contributed by atoms with Crippen molar-refractivity contribution in [2.75, 3.05) is 24.3 Å². The molecule has 1 amide bonds. The van der Waals surface area contributed by atoms with E-state index in [4.69, 9.17) is 10.5 Å². The monoisotopic (exact) mass is 485 g/mol. The van der Waals surface area contributed by atoms with E-state index in [1.807, 2.05) is 37.3 Å². The summed E-state index contributed by atoms with van der Waals surface area (Å²) in [5.74, 6) is -0.195. The molecule has 1 aliphatic heterocycles. The van der Waals surface area contributed by atoms with Crippen molar-refractivity contribution in [2.24, 2.45) is 0 Å². The van der Waals surface area contributed by atoms with Gasteiger partial charge in [0.05, 0.1) is 5.41 Å². The molecule has 3 aromatic rings. The number of hydrogen-bond acceptors (Lipinski definition) is 5. The van der Waals surface area contributed by atoms with Crippen LogP contribution >= 0.6 is 0 Å². The minimum Gasteiger partial charge on any atom is -0.406 e. The molecule has 0 radical (unpaired) electrons. The SMILES string of the molecule is CCc1cc(-c2ccc(C3(C(=O)Nc4cccc(OC(F)(F)F)c4)CCOCC3)cc2)cnc1N. The molecule has 2 aromatic carbocycles. The van der Waals surface area contributed by atoms with E-state index in [9.17, 15) is 18.0 Å². The molecule has 0 bridgehead atoms. The zero-order chi connectivity index (χ0) is 25.1. The lowest BCUT2D eigenvalue weighted by Gasteiger charge is -2.36. The molecule has 0 atom stereocenters. The smallest absolute Gasteiger partial charge is 0.406 e. The summed E-state index contributed by atoms with van der Waals surface area (Å²) in [6, 6.07) is 14.9. The molecule has 35 heavy (non-hydrogen) atoms. The fourth-order valence-electron chi connectivity index (χ4n) is 4.33. The second kappa shape index (κ2) is 9.95. The second-order valence-electron chi connectivity index (χ2n) is 8.42. The van der Waals surface area contributed by atoms with Crippen LogP contribution in [0.15, 0.2) is 60.8 Å². The Morgan fingerprint density at radius 3 is 2.49 bits per heavy atom. The van der Waals surface area contributed by atoms with Crippen LogP contribution in [0.25, 0.3) is 11.1 Å². The van der Waals surface area contributed by atoms with Crippen molar-refractivity contribution in [3.63, 3.8) is 0 Å². The first kappa shape index (κ1) is 24.5. The third-order valence-corrected chi connectivity index (χ3v) is 6.26. The molecule has 0 aliphatic carbocycles. The Bertz CT molecular complexity index is 1190. The van der Waals surface area contributed by atoms with Gasteiger partial charge in [0.25, 0.3) is 0 Å². The number of aryl methyl sites for hydroxylation is 1. The first-order chi connectivity index (χ1) is 16.7. The Morgan fingerprint density at radius 1 is 1.11 bits per heavy atom. The zero-order valence-electron chi connectivity index (χ0n) is 19.2. The number of carbonyl (C=O) groups excluding carboxylic acids is 1. The average molecular weight is 486 g/mol. The van der Waals surface area contributed by atoms with Gasteiger partial charge < -0.3 is 20.5 Å². The number of halogens is 3. The molecule has 0 saturated carbocycles. The van der Waals surface area contributed by atoms with Gasteiger partial charge in [-0.1, -0.05) is 37.3 Å². The van der Waals surface area contributed by atoms with E-state index in [0.717, 1.165) is 34.7 Å². The van der Waals surface area contributed by atoms with Crippen molar-refractivity contribution in [1.29, 1.82) is 0 Å². The molecule has 0 unspecified atom stereocenters. The number of alkyl halides is 3. The minimum absolute atomic E-state index is 0.222. The average Bonchev–Trinajstić information content (AvgIpc) is 2.84. The molecule has 1 fully saturated rings. The third kappa shape index (κ3) is 5.57. The molecular formula is C26H26F3N3O3. The van der Waals surface area contributed by atoms with E-state index in [1.165, 1.54) is 18.2 Å². The van der Waals surface area contributed by atoms with Crippen LogP contribution in [0.1, 0.15) is 30.9 Å². The number of anilines is 2. The van der Waals surface area contributed by atoms with Crippen LogP contribution in [0.4, 0.5) is 24.7 Å². The largest absolute Gasteiger partial charge is 0.573 e. The number of benzene rings is 2. The number of rotatable bonds is 6. The third-order valence-electron chi connectivity index (χ3n) is 6.26. The second-order valence-corrected chi connectivity index (χ2v) is 8.42. The number of nitrogens with one attached hydrogen (secondary N) is 1. The number of carbonyl (C=O) groups is 1. The maximum absolute atomic E-state index is 13.5. The first-order valence-electron chi connectivity index (χ1n) is 11.3. The van der Waals surface area contributed by atoms with Crippen LogP contribution in [0.3, 0.4) is 0 Å². The Labute approximate surface area is 201 Å². The Hall–Kier alpha value is -3.59. The van der Waals surface area contributed by atoms with Crippen molar-refractivity contribution in [3.8, 4) is 16.9 Å². The number of hydrogen-bond donors (Lipinski definition) is 2. The fraction of sp³-hybridized carbons (Fsp3) is 0.308. The molecule has 1 aliphatic rings. The van der Waals surface area contributed by atoms with Gasteiger partial charge in [0.15, 0.2) is 0 Å². The summed E-state index contributed by atoms with van der Waals surface area (Å²) >= 11 is 0. The van der Waals surface area contributed by atoms with Crippen LogP contribution in [-0.4, -0.2) is 30.5 Å².